The van der Waals surface area contributed by atoms with Gasteiger partial charge < -0.3 is 9.84 Å². The van der Waals surface area contributed by atoms with Crippen molar-refractivity contribution in [2.24, 2.45) is 0 Å². The third-order valence-electron chi connectivity index (χ3n) is 2.50. The molecule has 6 heteroatoms. The van der Waals surface area contributed by atoms with Crippen LogP contribution in [0.5, 0.6) is 5.75 Å². The Morgan fingerprint density at radius 1 is 1.39 bits per heavy atom. The average Bonchev–Trinajstić information content (AvgIpc) is 2.27. The zero-order valence-corrected chi connectivity index (χ0v) is 11.4. The van der Waals surface area contributed by atoms with Gasteiger partial charge in [0, 0.05) is 10.9 Å². The van der Waals surface area contributed by atoms with Gasteiger partial charge in [0.05, 0.1) is 13.2 Å². The van der Waals surface area contributed by atoms with Gasteiger partial charge in [-0.2, -0.15) is 13.2 Å². The first-order valence-corrected chi connectivity index (χ1v) is 6.21. The monoisotopic (exact) mass is 326 g/mol. The third-order valence-corrected chi connectivity index (χ3v) is 3.22. The van der Waals surface area contributed by atoms with Gasteiger partial charge in [-0.25, -0.2) is 0 Å². The van der Waals surface area contributed by atoms with Crippen LogP contribution in [0.4, 0.5) is 13.2 Å². The molecule has 18 heavy (non-hydrogen) atoms. The predicted molar refractivity (Wildman–Crippen MR) is 65.6 cm³/mol. The SMILES string of the molecule is COc1ccc(Br)c(C(O)CCCC(F)(F)F)c1. The second-order valence-electron chi connectivity index (χ2n) is 3.91. The minimum atomic E-state index is -4.18. The molecule has 0 heterocycles. The van der Waals surface area contributed by atoms with Gasteiger partial charge in [0.25, 0.3) is 0 Å². The maximum absolute atomic E-state index is 12.0. The highest BCUT2D eigenvalue weighted by Crippen LogP contribution is 2.32. The lowest BCUT2D eigenvalue weighted by Gasteiger charge is -2.14. The van der Waals surface area contributed by atoms with Crippen molar-refractivity contribution < 1.29 is 23.0 Å². The van der Waals surface area contributed by atoms with Crippen LogP contribution in [-0.4, -0.2) is 18.4 Å². The van der Waals surface area contributed by atoms with Crippen molar-refractivity contribution >= 4 is 15.9 Å². The zero-order valence-electron chi connectivity index (χ0n) is 9.80. The average molecular weight is 327 g/mol. The molecule has 1 rings (SSSR count). The lowest BCUT2D eigenvalue weighted by molar-refractivity contribution is -0.136. The highest BCUT2D eigenvalue weighted by atomic mass is 79.9. The molecule has 102 valence electrons. The number of ether oxygens (including phenoxy) is 1. The Morgan fingerprint density at radius 3 is 2.61 bits per heavy atom. The topological polar surface area (TPSA) is 29.5 Å². The van der Waals surface area contributed by atoms with Crippen LogP contribution in [-0.2, 0) is 0 Å². The van der Waals surface area contributed by atoms with Crippen molar-refractivity contribution in [3.63, 3.8) is 0 Å². The first-order valence-electron chi connectivity index (χ1n) is 5.42. The normalized spacial score (nSPS) is 13.4. The number of aliphatic hydroxyl groups is 1. The van der Waals surface area contributed by atoms with E-state index in [1.165, 1.54) is 7.11 Å². The summed E-state index contributed by atoms with van der Waals surface area (Å²) in [5.41, 5.74) is 0.538. The minimum Gasteiger partial charge on any atom is -0.497 e. The summed E-state index contributed by atoms with van der Waals surface area (Å²) >= 11 is 3.25. The lowest BCUT2D eigenvalue weighted by Crippen LogP contribution is -2.08. The van der Waals surface area contributed by atoms with Crippen LogP contribution in [0.25, 0.3) is 0 Å². The molecule has 0 bridgehead atoms. The molecule has 0 aromatic heterocycles. The molecule has 1 aromatic rings. The molecule has 0 fully saturated rings. The Hall–Kier alpha value is -0.750. The number of rotatable bonds is 5. The Labute approximate surface area is 112 Å². The summed E-state index contributed by atoms with van der Waals surface area (Å²) in [6, 6.07) is 5.01. The molecule has 2 nitrogen and oxygen atoms in total. The standard InChI is InChI=1S/C12H14BrF3O2/c1-18-8-4-5-10(13)9(7-8)11(17)3-2-6-12(14,15)16/h4-5,7,11,17H,2-3,6H2,1H3. The van der Waals surface area contributed by atoms with Gasteiger partial charge in [-0.15, -0.1) is 0 Å². The summed E-state index contributed by atoms with van der Waals surface area (Å²) in [5.74, 6) is 0.558. The molecule has 0 aliphatic heterocycles. The summed E-state index contributed by atoms with van der Waals surface area (Å²) in [7, 11) is 1.49. The molecule has 0 aliphatic carbocycles. The van der Waals surface area contributed by atoms with Gasteiger partial charge in [-0.05, 0) is 36.6 Å². The number of hydrogen-bond acceptors (Lipinski definition) is 2. The van der Waals surface area contributed by atoms with E-state index in [2.05, 4.69) is 15.9 Å². The van der Waals surface area contributed by atoms with Crippen LogP contribution >= 0.6 is 15.9 Å². The van der Waals surface area contributed by atoms with Crippen LogP contribution in [0, 0.1) is 0 Å². The number of halogens is 4. The Bertz CT molecular complexity index is 393. The van der Waals surface area contributed by atoms with Crippen molar-refractivity contribution in [3.8, 4) is 5.75 Å². The van der Waals surface area contributed by atoms with Crippen molar-refractivity contribution in [2.75, 3.05) is 7.11 Å². The minimum absolute atomic E-state index is 0.0608. The maximum Gasteiger partial charge on any atom is 0.389 e. The fourth-order valence-corrected chi connectivity index (χ4v) is 2.07. The smallest absolute Gasteiger partial charge is 0.389 e. The van der Waals surface area contributed by atoms with Crippen LogP contribution in [0.3, 0.4) is 0 Å². The number of aliphatic hydroxyl groups excluding tert-OH is 1. The van der Waals surface area contributed by atoms with Crippen LogP contribution in [0.15, 0.2) is 22.7 Å². The summed E-state index contributed by atoms with van der Waals surface area (Å²) in [4.78, 5) is 0. The highest BCUT2D eigenvalue weighted by Gasteiger charge is 2.26. The highest BCUT2D eigenvalue weighted by molar-refractivity contribution is 9.10. The van der Waals surface area contributed by atoms with Crippen LogP contribution in [0.2, 0.25) is 0 Å². The van der Waals surface area contributed by atoms with Crippen molar-refractivity contribution in [1.82, 2.24) is 0 Å². The molecule has 1 atom stereocenters. The summed E-state index contributed by atoms with van der Waals surface area (Å²) in [5, 5.41) is 9.87. The van der Waals surface area contributed by atoms with E-state index in [1.807, 2.05) is 0 Å². The van der Waals surface area contributed by atoms with E-state index in [-0.39, 0.29) is 12.8 Å². The molecular formula is C12H14BrF3O2. The Balaban J connectivity index is 2.63. The van der Waals surface area contributed by atoms with E-state index in [1.54, 1.807) is 18.2 Å². The van der Waals surface area contributed by atoms with E-state index in [9.17, 15) is 18.3 Å². The van der Waals surface area contributed by atoms with Crippen molar-refractivity contribution in [3.05, 3.63) is 28.2 Å². The van der Waals surface area contributed by atoms with Gasteiger partial charge >= 0.3 is 6.18 Å². The quantitative estimate of drug-likeness (QED) is 0.877. The van der Waals surface area contributed by atoms with Gasteiger partial charge in [-0.1, -0.05) is 15.9 Å². The molecule has 0 saturated carbocycles. The van der Waals surface area contributed by atoms with E-state index in [0.29, 0.717) is 15.8 Å². The molecule has 0 amide bonds. The second kappa shape index (κ2) is 6.43. The first kappa shape index (κ1) is 15.3. The molecule has 1 N–H and O–H groups in total. The molecule has 0 radical (unpaired) electrons. The number of hydrogen-bond donors (Lipinski definition) is 1. The van der Waals surface area contributed by atoms with E-state index in [4.69, 9.17) is 4.74 Å². The Morgan fingerprint density at radius 2 is 2.06 bits per heavy atom. The molecule has 1 unspecified atom stereocenters. The first-order chi connectivity index (χ1) is 8.33. The lowest BCUT2D eigenvalue weighted by atomic mass is 10.0. The molecular weight excluding hydrogens is 313 g/mol. The number of alkyl halides is 3. The molecule has 0 aliphatic rings. The van der Waals surface area contributed by atoms with E-state index in [0.717, 1.165) is 0 Å². The maximum atomic E-state index is 12.0. The van der Waals surface area contributed by atoms with E-state index >= 15 is 0 Å². The van der Waals surface area contributed by atoms with Gasteiger partial charge in [0.15, 0.2) is 0 Å². The zero-order chi connectivity index (χ0) is 13.8. The molecule has 0 saturated heterocycles. The van der Waals surface area contributed by atoms with E-state index < -0.39 is 18.7 Å². The largest absolute Gasteiger partial charge is 0.497 e. The predicted octanol–water partition coefficient (Wildman–Crippen LogP) is 4.22. The van der Waals surface area contributed by atoms with Crippen LogP contribution in [0.1, 0.15) is 30.9 Å². The van der Waals surface area contributed by atoms with Gasteiger partial charge in [-0.3, -0.25) is 0 Å². The Kier molecular flexibility index (Phi) is 5.47. The number of methoxy groups -OCH3 is 1. The van der Waals surface area contributed by atoms with Gasteiger partial charge in [0.1, 0.15) is 5.75 Å². The molecule has 1 aromatic carbocycles. The summed E-state index contributed by atoms with van der Waals surface area (Å²) in [6.45, 7) is 0. The summed E-state index contributed by atoms with van der Waals surface area (Å²) in [6.07, 6.45) is -6.03. The van der Waals surface area contributed by atoms with Crippen LogP contribution < -0.4 is 4.74 Å². The fraction of sp³-hybridized carbons (Fsp3) is 0.500. The van der Waals surface area contributed by atoms with Crippen molar-refractivity contribution in [2.45, 2.75) is 31.5 Å². The summed E-state index contributed by atoms with van der Waals surface area (Å²) < 4.78 is 41.6. The molecule has 0 spiro atoms. The van der Waals surface area contributed by atoms with Crippen molar-refractivity contribution in [1.29, 1.82) is 0 Å². The third kappa shape index (κ3) is 4.86. The number of benzene rings is 1. The van der Waals surface area contributed by atoms with Gasteiger partial charge in [0.2, 0.25) is 0 Å². The fourth-order valence-electron chi connectivity index (χ4n) is 1.56. The second-order valence-corrected chi connectivity index (χ2v) is 4.76.